The smallest absolute Gasteiger partial charge is 0.335 e. The van der Waals surface area contributed by atoms with Gasteiger partial charge in [-0.05, 0) is 42.3 Å². The maximum Gasteiger partial charge on any atom is 0.335 e. The summed E-state index contributed by atoms with van der Waals surface area (Å²) >= 11 is 0. The predicted molar refractivity (Wildman–Crippen MR) is 95.1 cm³/mol. The number of hydrogen-bond acceptors (Lipinski definition) is 3. The van der Waals surface area contributed by atoms with Crippen LogP contribution in [0.2, 0.25) is 0 Å². The van der Waals surface area contributed by atoms with E-state index in [1.165, 1.54) is 0 Å². The minimum atomic E-state index is -0.951. The minimum Gasteiger partial charge on any atom is -0.478 e. The average Bonchev–Trinajstić information content (AvgIpc) is 2.96. The second-order valence-corrected chi connectivity index (χ2v) is 6.28. The summed E-state index contributed by atoms with van der Waals surface area (Å²) in [5.41, 5.74) is 4.04. The second kappa shape index (κ2) is 6.18. The van der Waals surface area contributed by atoms with Crippen LogP contribution in [0.5, 0.6) is 0 Å². The van der Waals surface area contributed by atoms with Crippen molar-refractivity contribution >= 4 is 22.8 Å². The Balaban J connectivity index is 1.85. The Labute approximate surface area is 144 Å². The lowest BCUT2D eigenvalue weighted by Gasteiger charge is -2.16. The number of carbonyl (C=O) groups is 2. The molecule has 126 valence electrons. The summed E-state index contributed by atoms with van der Waals surface area (Å²) in [6.07, 6.45) is 1.11. The molecule has 2 aromatic carbocycles. The van der Waals surface area contributed by atoms with Crippen LogP contribution >= 0.6 is 0 Å². The molecule has 5 heteroatoms. The van der Waals surface area contributed by atoms with E-state index in [0.29, 0.717) is 13.0 Å². The van der Waals surface area contributed by atoms with E-state index in [1.807, 2.05) is 30.3 Å². The van der Waals surface area contributed by atoms with Crippen molar-refractivity contribution in [1.82, 2.24) is 9.88 Å². The monoisotopic (exact) mass is 334 g/mol. The van der Waals surface area contributed by atoms with Crippen molar-refractivity contribution in [3.8, 4) is 0 Å². The van der Waals surface area contributed by atoms with E-state index in [9.17, 15) is 14.7 Å². The van der Waals surface area contributed by atoms with Crippen molar-refractivity contribution in [3.05, 3.63) is 70.9 Å². The summed E-state index contributed by atoms with van der Waals surface area (Å²) < 4.78 is 1.76. The summed E-state index contributed by atoms with van der Waals surface area (Å²) in [6.45, 7) is 1.45. The van der Waals surface area contributed by atoms with Crippen LogP contribution in [0.4, 0.5) is 0 Å². The highest BCUT2D eigenvalue weighted by Gasteiger charge is 2.24. The molecular weight excluding hydrogens is 316 g/mol. The molecule has 0 fully saturated rings. The van der Waals surface area contributed by atoms with Crippen LogP contribution in [0.15, 0.2) is 48.5 Å². The number of carboxylic acids is 1. The molecule has 0 saturated heterocycles. The molecule has 3 aromatic rings. The zero-order valence-corrected chi connectivity index (χ0v) is 13.7. The van der Waals surface area contributed by atoms with Crippen molar-refractivity contribution in [3.63, 3.8) is 0 Å². The summed E-state index contributed by atoms with van der Waals surface area (Å²) in [7, 11) is 0. The van der Waals surface area contributed by atoms with Crippen LogP contribution in [0.3, 0.4) is 0 Å². The number of carboxylic acid groups (broad SMARTS) is 1. The summed E-state index contributed by atoms with van der Waals surface area (Å²) in [6, 6.07) is 14.7. The number of aromatic nitrogens is 1. The lowest BCUT2D eigenvalue weighted by Crippen LogP contribution is -2.27. The van der Waals surface area contributed by atoms with Crippen molar-refractivity contribution < 1.29 is 14.7 Å². The standard InChI is InChI=1S/C20H18N2O3/c23-19(10-13-4-2-1-3-5-13)22-17-7-6-14(20(24)25)11-16(17)15-8-9-21-12-18(15)22/h1-7,11,21H,8-10,12H2,(H,24,25). The van der Waals surface area contributed by atoms with E-state index >= 15 is 0 Å². The van der Waals surface area contributed by atoms with Crippen LogP contribution in [-0.4, -0.2) is 28.1 Å². The van der Waals surface area contributed by atoms with Gasteiger partial charge in [0.05, 0.1) is 17.5 Å². The molecule has 0 atom stereocenters. The van der Waals surface area contributed by atoms with Crippen molar-refractivity contribution in [1.29, 1.82) is 0 Å². The van der Waals surface area contributed by atoms with Gasteiger partial charge in [0.2, 0.25) is 5.91 Å². The van der Waals surface area contributed by atoms with Crippen molar-refractivity contribution in [2.45, 2.75) is 19.4 Å². The van der Waals surface area contributed by atoms with Gasteiger partial charge in [-0.2, -0.15) is 0 Å². The quantitative estimate of drug-likeness (QED) is 0.773. The number of carbonyl (C=O) groups excluding carboxylic acids is 1. The molecule has 0 radical (unpaired) electrons. The number of nitrogens with one attached hydrogen (secondary N) is 1. The van der Waals surface area contributed by atoms with E-state index in [-0.39, 0.29) is 11.5 Å². The molecule has 0 unspecified atom stereocenters. The number of hydrogen-bond donors (Lipinski definition) is 2. The topological polar surface area (TPSA) is 71.3 Å². The van der Waals surface area contributed by atoms with Crippen LogP contribution in [0.25, 0.3) is 10.9 Å². The van der Waals surface area contributed by atoms with Gasteiger partial charge in [-0.25, -0.2) is 4.79 Å². The molecule has 1 aromatic heterocycles. The Morgan fingerprint density at radius 3 is 2.68 bits per heavy atom. The van der Waals surface area contributed by atoms with Crippen molar-refractivity contribution in [2.75, 3.05) is 6.54 Å². The first kappa shape index (κ1) is 15.6. The lowest BCUT2D eigenvalue weighted by atomic mass is 10.0. The highest BCUT2D eigenvalue weighted by Crippen LogP contribution is 2.30. The summed E-state index contributed by atoms with van der Waals surface area (Å²) in [5.74, 6) is -0.947. The molecule has 1 aliphatic rings. The van der Waals surface area contributed by atoms with Gasteiger partial charge in [0.15, 0.2) is 0 Å². The third-order valence-electron chi connectivity index (χ3n) is 4.72. The number of aromatic carboxylic acids is 1. The number of rotatable bonds is 3. The number of nitrogens with zero attached hydrogens (tertiary/aromatic N) is 1. The first-order chi connectivity index (χ1) is 12.1. The van der Waals surface area contributed by atoms with E-state index in [1.54, 1.807) is 22.8 Å². The third-order valence-corrected chi connectivity index (χ3v) is 4.72. The molecule has 25 heavy (non-hydrogen) atoms. The largest absolute Gasteiger partial charge is 0.478 e. The molecule has 1 aliphatic heterocycles. The van der Waals surface area contributed by atoms with Crippen LogP contribution in [0, 0.1) is 0 Å². The molecule has 0 amide bonds. The SMILES string of the molecule is O=C(O)c1ccc2c(c1)c1c(n2C(=O)Cc2ccccc2)CNCC1. The van der Waals surface area contributed by atoms with Crippen molar-refractivity contribution in [2.24, 2.45) is 0 Å². The molecule has 0 spiro atoms. The maximum absolute atomic E-state index is 13.0. The average molecular weight is 334 g/mol. The second-order valence-electron chi connectivity index (χ2n) is 6.28. The first-order valence-corrected chi connectivity index (χ1v) is 8.32. The minimum absolute atomic E-state index is 0.00391. The van der Waals surface area contributed by atoms with Crippen LogP contribution in [-0.2, 0) is 19.4 Å². The molecule has 2 N–H and O–H groups in total. The molecule has 0 saturated carbocycles. The number of fused-ring (bicyclic) bond motifs is 3. The zero-order chi connectivity index (χ0) is 17.4. The highest BCUT2D eigenvalue weighted by atomic mass is 16.4. The van der Waals surface area contributed by atoms with Gasteiger partial charge in [0, 0.05) is 17.6 Å². The molecular formula is C20H18N2O3. The Morgan fingerprint density at radius 1 is 1.12 bits per heavy atom. The predicted octanol–water partition coefficient (Wildman–Crippen LogP) is 2.87. The number of benzene rings is 2. The molecule has 2 heterocycles. The van der Waals surface area contributed by atoms with E-state index in [2.05, 4.69) is 5.32 Å². The zero-order valence-electron chi connectivity index (χ0n) is 13.7. The molecule has 0 aliphatic carbocycles. The van der Waals surface area contributed by atoms with Crippen LogP contribution < -0.4 is 5.32 Å². The highest BCUT2D eigenvalue weighted by molar-refractivity contribution is 6.00. The van der Waals surface area contributed by atoms with Gasteiger partial charge < -0.3 is 10.4 Å². The first-order valence-electron chi connectivity index (χ1n) is 8.32. The van der Waals surface area contributed by atoms with E-state index in [0.717, 1.165) is 40.7 Å². The van der Waals surface area contributed by atoms with Crippen LogP contribution in [0.1, 0.15) is 32.0 Å². The van der Waals surface area contributed by atoms with Gasteiger partial charge in [0.25, 0.3) is 0 Å². The Kier molecular flexibility index (Phi) is 3.86. The molecule has 5 nitrogen and oxygen atoms in total. The maximum atomic E-state index is 13.0. The van der Waals surface area contributed by atoms with Gasteiger partial charge >= 0.3 is 5.97 Å². The van der Waals surface area contributed by atoms with E-state index in [4.69, 9.17) is 0 Å². The lowest BCUT2D eigenvalue weighted by molar-refractivity contribution is 0.0696. The summed E-state index contributed by atoms with van der Waals surface area (Å²) in [4.78, 5) is 24.3. The fraction of sp³-hybridized carbons (Fsp3) is 0.200. The fourth-order valence-electron chi connectivity index (χ4n) is 3.56. The Bertz CT molecular complexity index is 974. The normalized spacial score (nSPS) is 13.6. The summed E-state index contributed by atoms with van der Waals surface area (Å²) in [5, 5.41) is 13.5. The van der Waals surface area contributed by atoms with Gasteiger partial charge in [-0.1, -0.05) is 30.3 Å². The van der Waals surface area contributed by atoms with Gasteiger partial charge in [-0.15, -0.1) is 0 Å². The fourth-order valence-corrected chi connectivity index (χ4v) is 3.56. The Morgan fingerprint density at radius 2 is 1.92 bits per heavy atom. The molecule has 4 rings (SSSR count). The third kappa shape index (κ3) is 2.72. The van der Waals surface area contributed by atoms with E-state index < -0.39 is 5.97 Å². The van der Waals surface area contributed by atoms with Gasteiger partial charge in [-0.3, -0.25) is 9.36 Å². The Hall–Kier alpha value is -2.92. The molecule has 0 bridgehead atoms. The van der Waals surface area contributed by atoms with Gasteiger partial charge in [0.1, 0.15) is 0 Å².